The number of esters is 1. The molecule has 1 heterocycles. The van der Waals surface area contributed by atoms with E-state index >= 15 is 0 Å². The van der Waals surface area contributed by atoms with E-state index in [-0.39, 0.29) is 19.8 Å². The van der Waals surface area contributed by atoms with Gasteiger partial charge < -0.3 is 29.5 Å². The van der Waals surface area contributed by atoms with Gasteiger partial charge in [0.15, 0.2) is 6.04 Å². The number of carbonyl (C=O) groups excluding carboxylic acids is 2. The fourth-order valence-corrected chi connectivity index (χ4v) is 1.86. The molecule has 10 nitrogen and oxygen atoms in total. The SMILES string of the molecule is COC(=O)C1COCCN1C(=O)N(CC(=O)O)CC(=O)O. The first kappa shape index (κ1) is 16.7. The van der Waals surface area contributed by atoms with Crippen LogP contribution in [0.4, 0.5) is 4.79 Å². The summed E-state index contributed by atoms with van der Waals surface area (Å²) in [5.74, 6) is -3.42. The molecule has 1 atom stereocenters. The average molecular weight is 304 g/mol. The van der Waals surface area contributed by atoms with Crippen LogP contribution >= 0.6 is 0 Å². The third-order valence-electron chi connectivity index (χ3n) is 2.77. The molecule has 10 heteroatoms. The standard InChI is InChI=1S/C11H16N2O8/c1-20-10(18)7-6-21-3-2-13(7)11(19)12(4-8(14)15)5-9(16)17/h7H,2-6H2,1H3,(H,14,15)(H,16,17). The molecule has 1 saturated heterocycles. The van der Waals surface area contributed by atoms with E-state index in [1.807, 2.05) is 0 Å². The number of urea groups is 1. The molecular formula is C11H16N2O8. The highest BCUT2D eigenvalue weighted by atomic mass is 16.5. The van der Waals surface area contributed by atoms with E-state index < -0.39 is 43.1 Å². The van der Waals surface area contributed by atoms with E-state index in [1.165, 1.54) is 0 Å². The lowest BCUT2D eigenvalue weighted by Gasteiger charge is -2.36. The van der Waals surface area contributed by atoms with Crippen molar-refractivity contribution in [2.75, 3.05) is 40.0 Å². The summed E-state index contributed by atoms with van der Waals surface area (Å²) >= 11 is 0. The zero-order chi connectivity index (χ0) is 16.0. The van der Waals surface area contributed by atoms with Crippen molar-refractivity contribution in [2.24, 2.45) is 0 Å². The van der Waals surface area contributed by atoms with Gasteiger partial charge in [-0.15, -0.1) is 0 Å². The predicted octanol–water partition coefficient (Wildman–Crippen LogP) is -1.55. The van der Waals surface area contributed by atoms with Crippen LogP contribution in [0.1, 0.15) is 0 Å². The molecule has 118 valence electrons. The molecule has 1 aliphatic rings. The van der Waals surface area contributed by atoms with Crippen molar-refractivity contribution in [1.29, 1.82) is 0 Å². The fourth-order valence-electron chi connectivity index (χ4n) is 1.86. The van der Waals surface area contributed by atoms with E-state index in [1.54, 1.807) is 0 Å². The van der Waals surface area contributed by atoms with Crippen LogP contribution in [0.25, 0.3) is 0 Å². The Hall–Kier alpha value is -2.36. The largest absolute Gasteiger partial charge is 0.480 e. The van der Waals surface area contributed by atoms with Gasteiger partial charge in [0.1, 0.15) is 13.1 Å². The molecule has 0 saturated carbocycles. The lowest BCUT2D eigenvalue weighted by Crippen LogP contribution is -2.58. The molecule has 0 aromatic rings. The number of rotatable bonds is 5. The van der Waals surface area contributed by atoms with Gasteiger partial charge in [0.2, 0.25) is 0 Å². The highest BCUT2D eigenvalue weighted by molar-refractivity contribution is 5.88. The van der Waals surface area contributed by atoms with Gasteiger partial charge in [-0.25, -0.2) is 9.59 Å². The Morgan fingerprint density at radius 2 is 1.81 bits per heavy atom. The number of morpholine rings is 1. The van der Waals surface area contributed by atoms with Crippen molar-refractivity contribution < 1.29 is 38.9 Å². The van der Waals surface area contributed by atoms with Crippen molar-refractivity contribution in [3.05, 3.63) is 0 Å². The van der Waals surface area contributed by atoms with Gasteiger partial charge in [-0.1, -0.05) is 0 Å². The molecule has 0 aromatic heterocycles. The smallest absolute Gasteiger partial charge is 0.331 e. The molecule has 2 N–H and O–H groups in total. The van der Waals surface area contributed by atoms with Crippen LogP contribution in [0.3, 0.4) is 0 Å². The maximum Gasteiger partial charge on any atom is 0.331 e. The number of amides is 2. The minimum atomic E-state index is -1.35. The summed E-state index contributed by atoms with van der Waals surface area (Å²) in [5.41, 5.74) is 0. The molecule has 1 aliphatic heterocycles. The van der Waals surface area contributed by atoms with Crippen LogP contribution in [0.15, 0.2) is 0 Å². The number of aliphatic carboxylic acids is 2. The fraction of sp³-hybridized carbons (Fsp3) is 0.636. The van der Waals surface area contributed by atoms with Gasteiger partial charge in [0, 0.05) is 6.54 Å². The van der Waals surface area contributed by atoms with Crippen molar-refractivity contribution in [3.63, 3.8) is 0 Å². The molecule has 1 unspecified atom stereocenters. The summed E-state index contributed by atoms with van der Waals surface area (Å²) in [6, 6.07) is -1.89. The van der Waals surface area contributed by atoms with Crippen molar-refractivity contribution in [2.45, 2.75) is 6.04 Å². The van der Waals surface area contributed by atoms with Gasteiger partial charge in [0.05, 0.1) is 20.3 Å². The Labute approximate surface area is 119 Å². The minimum absolute atomic E-state index is 0.0360. The van der Waals surface area contributed by atoms with E-state index in [4.69, 9.17) is 14.9 Å². The highest BCUT2D eigenvalue weighted by Gasteiger charge is 2.36. The maximum absolute atomic E-state index is 12.3. The number of ether oxygens (including phenoxy) is 2. The summed E-state index contributed by atoms with van der Waals surface area (Å²) in [6.07, 6.45) is 0. The van der Waals surface area contributed by atoms with Gasteiger partial charge in [-0.3, -0.25) is 9.59 Å². The minimum Gasteiger partial charge on any atom is -0.480 e. The molecule has 2 amide bonds. The van der Waals surface area contributed by atoms with Gasteiger partial charge in [-0.05, 0) is 0 Å². The Balaban J connectivity index is 2.90. The quantitative estimate of drug-likeness (QED) is 0.583. The topological polar surface area (TPSA) is 134 Å². The second-order valence-electron chi connectivity index (χ2n) is 4.23. The first-order chi connectivity index (χ1) is 9.86. The molecule has 0 radical (unpaired) electrons. The van der Waals surface area contributed by atoms with E-state index in [2.05, 4.69) is 4.74 Å². The number of carbonyl (C=O) groups is 4. The highest BCUT2D eigenvalue weighted by Crippen LogP contribution is 2.12. The summed E-state index contributed by atoms with van der Waals surface area (Å²) in [7, 11) is 1.14. The third kappa shape index (κ3) is 4.60. The third-order valence-corrected chi connectivity index (χ3v) is 2.77. The normalized spacial score (nSPS) is 18.0. The summed E-state index contributed by atoms with van der Waals surface area (Å²) < 4.78 is 9.63. The number of hydrogen-bond acceptors (Lipinski definition) is 6. The first-order valence-electron chi connectivity index (χ1n) is 6.01. The molecule has 1 rings (SSSR count). The van der Waals surface area contributed by atoms with Crippen LogP contribution in [-0.2, 0) is 23.9 Å². The summed E-state index contributed by atoms with van der Waals surface area (Å²) in [6.45, 7) is -1.46. The summed E-state index contributed by atoms with van der Waals surface area (Å²) in [5, 5.41) is 17.5. The van der Waals surface area contributed by atoms with Gasteiger partial charge >= 0.3 is 23.9 Å². The van der Waals surface area contributed by atoms with Crippen molar-refractivity contribution in [3.8, 4) is 0 Å². The van der Waals surface area contributed by atoms with Crippen molar-refractivity contribution >= 4 is 23.9 Å². The number of nitrogens with zero attached hydrogens (tertiary/aromatic N) is 2. The average Bonchev–Trinajstić information content (AvgIpc) is 2.44. The second-order valence-corrected chi connectivity index (χ2v) is 4.23. The van der Waals surface area contributed by atoms with Crippen LogP contribution in [0.2, 0.25) is 0 Å². The Bertz CT molecular complexity index is 422. The molecule has 0 spiro atoms. The summed E-state index contributed by atoms with van der Waals surface area (Å²) in [4.78, 5) is 47.0. The second kappa shape index (κ2) is 7.43. The molecular weight excluding hydrogens is 288 g/mol. The Kier molecular flexibility index (Phi) is 5.91. The van der Waals surface area contributed by atoms with Gasteiger partial charge in [-0.2, -0.15) is 0 Å². The monoisotopic (exact) mass is 304 g/mol. The Morgan fingerprint density at radius 1 is 1.24 bits per heavy atom. The number of carboxylic acid groups (broad SMARTS) is 2. The van der Waals surface area contributed by atoms with E-state index in [0.29, 0.717) is 4.90 Å². The lowest BCUT2D eigenvalue weighted by molar-refractivity contribution is -0.151. The van der Waals surface area contributed by atoms with Crippen LogP contribution < -0.4 is 0 Å². The molecule has 21 heavy (non-hydrogen) atoms. The van der Waals surface area contributed by atoms with Crippen molar-refractivity contribution in [1.82, 2.24) is 9.80 Å². The zero-order valence-corrected chi connectivity index (χ0v) is 11.4. The van der Waals surface area contributed by atoms with Gasteiger partial charge in [0.25, 0.3) is 0 Å². The lowest BCUT2D eigenvalue weighted by atomic mass is 10.2. The zero-order valence-electron chi connectivity index (χ0n) is 11.4. The number of carboxylic acids is 2. The molecule has 0 aromatic carbocycles. The maximum atomic E-state index is 12.3. The van der Waals surface area contributed by atoms with E-state index in [0.717, 1.165) is 12.0 Å². The molecule has 0 bridgehead atoms. The molecule has 0 aliphatic carbocycles. The van der Waals surface area contributed by atoms with Crippen LogP contribution in [0.5, 0.6) is 0 Å². The van der Waals surface area contributed by atoms with Crippen LogP contribution in [0, 0.1) is 0 Å². The number of hydrogen-bond donors (Lipinski definition) is 2. The predicted molar refractivity (Wildman–Crippen MR) is 65.6 cm³/mol. The molecule has 1 fully saturated rings. The Morgan fingerprint density at radius 3 is 2.29 bits per heavy atom. The van der Waals surface area contributed by atoms with Crippen LogP contribution in [-0.4, -0.2) is 90.0 Å². The first-order valence-corrected chi connectivity index (χ1v) is 6.01. The number of methoxy groups -OCH3 is 1. The van der Waals surface area contributed by atoms with E-state index in [9.17, 15) is 19.2 Å².